The molecule has 1 aromatic heterocycles. The van der Waals surface area contributed by atoms with Crippen molar-refractivity contribution >= 4 is 5.69 Å². The second kappa shape index (κ2) is 4.89. The molecule has 0 spiro atoms. The van der Waals surface area contributed by atoms with E-state index in [1.807, 2.05) is 0 Å². The van der Waals surface area contributed by atoms with E-state index in [4.69, 9.17) is 0 Å². The first-order valence-electron chi connectivity index (χ1n) is 5.51. The minimum atomic E-state index is -0.543. The molecule has 0 saturated heterocycles. The number of aromatic amines is 1. The van der Waals surface area contributed by atoms with Crippen LogP contribution in [0.15, 0.2) is 40.1 Å². The van der Waals surface area contributed by atoms with Crippen LogP contribution in [0.4, 0.5) is 5.69 Å². The van der Waals surface area contributed by atoms with Crippen LogP contribution in [0, 0.1) is 17.0 Å². The standard InChI is InChI=1S/C12H11N3O4/c1-8-9(3-2-4-10(8)15(18)19)7-14-6-5-11(16)13-12(14)17/h2-6H,7H2,1H3,(H,13,16,17). The van der Waals surface area contributed by atoms with Gasteiger partial charge in [0, 0.05) is 23.9 Å². The molecule has 0 unspecified atom stereocenters. The summed E-state index contributed by atoms with van der Waals surface area (Å²) in [6.07, 6.45) is 1.36. The lowest BCUT2D eigenvalue weighted by molar-refractivity contribution is -0.385. The maximum absolute atomic E-state index is 11.5. The average molecular weight is 261 g/mol. The Bertz CT molecular complexity index is 745. The first-order chi connectivity index (χ1) is 8.99. The highest BCUT2D eigenvalue weighted by atomic mass is 16.6. The summed E-state index contributed by atoms with van der Waals surface area (Å²) < 4.78 is 1.29. The molecule has 7 nitrogen and oxygen atoms in total. The first-order valence-corrected chi connectivity index (χ1v) is 5.51. The fraction of sp³-hybridized carbons (Fsp3) is 0.167. The van der Waals surface area contributed by atoms with Gasteiger partial charge < -0.3 is 0 Å². The lowest BCUT2D eigenvalue weighted by Crippen LogP contribution is -2.29. The van der Waals surface area contributed by atoms with Gasteiger partial charge in [-0.05, 0) is 12.5 Å². The number of H-pyrrole nitrogens is 1. The number of nitrogens with zero attached hydrogens (tertiary/aromatic N) is 2. The van der Waals surface area contributed by atoms with Crippen molar-refractivity contribution in [1.82, 2.24) is 9.55 Å². The Kier molecular flexibility index (Phi) is 3.28. The first kappa shape index (κ1) is 12.7. The van der Waals surface area contributed by atoms with E-state index in [-0.39, 0.29) is 12.2 Å². The van der Waals surface area contributed by atoms with Crippen LogP contribution in [0.3, 0.4) is 0 Å². The van der Waals surface area contributed by atoms with Crippen LogP contribution in [-0.4, -0.2) is 14.5 Å². The van der Waals surface area contributed by atoms with E-state index in [2.05, 4.69) is 4.98 Å². The molecule has 0 atom stereocenters. The summed E-state index contributed by atoms with van der Waals surface area (Å²) >= 11 is 0. The van der Waals surface area contributed by atoms with Gasteiger partial charge in [0.25, 0.3) is 11.2 Å². The van der Waals surface area contributed by atoms with Crippen LogP contribution >= 0.6 is 0 Å². The van der Waals surface area contributed by atoms with Crippen molar-refractivity contribution in [3.8, 4) is 0 Å². The van der Waals surface area contributed by atoms with Crippen molar-refractivity contribution in [1.29, 1.82) is 0 Å². The molecule has 0 fully saturated rings. The topological polar surface area (TPSA) is 98.0 Å². The van der Waals surface area contributed by atoms with Crippen molar-refractivity contribution in [2.24, 2.45) is 0 Å². The van der Waals surface area contributed by atoms with Gasteiger partial charge in [0.15, 0.2) is 0 Å². The van der Waals surface area contributed by atoms with Gasteiger partial charge >= 0.3 is 5.69 Å². The third-order valence-electron chi connectivity index (χ3n) is 2.85. The zero-order valence-electron chi connectivity index (χ0n) is 10.1. The van der Waals surface area contributed by atoms with E-state index in [1.54, 1.807) is 19.1 Å². The Labute approximate surface area is 107 Å². The molecule has 0 amide bonds. The summed E-state index contributed by atoms with van der Waals surface area (Å²) in [7, 11) is 0. The highest BCUT2D eigenvalue weighted by molar-refractivity contribution is 5.44. The molecular formula is C12H11N3O4. The molecule has 0 aliphatic carbocycles. The summed E-state index contributed by atoms with van der Waals surface area (Å²) in [5, 5.41) is 10.8. The smallest absolute Gasteiger partial charge is 0.296 e. The van der Waals surface area contributed by atoms with Gasteiger partial charge in [-0.2, -0.15) is 0 Å². The zero-order chi connectivity index (χ0) is 14.0. The molecule has 1 heterocycles. The predicted molar refractivity (Wildman–Crippen MR) is 68.3 cm³/mol. The normalized spacial score (nSPS) is 10.4. The van der Waals surface area contributed by atoms with Crippen molar-refractivity contribution in [2.75, 3.05) is 0 Å². The number of nitro groups is 1. The number of nitrogens with one attached hydrogen (secondary N) is 1. The molecule has 98 valence electrons. The van der Waals surface area contributed by atoms with Gasteiger partial charge in [0.1, 0.15) is 0 Å². The lowest BCUT2D eigenvalue weighted by atomic mass is 10.1. The van der Waals surface area contributed by atoms with Crippen LogP contribution in [-0.2, 0) is 6.54 Å². The van der Waals surface area contributed by atoms with Crippen molar-refractivity contribution in [2.45, 2.75) is 13.5 Å². The van der Waals surface area contributed by atoms with E-state index in [0.717, 1.165) is 0 Å². The van der Waals surface area contributed by atoms with Gasteiger partial charge in [-0.1, -0.05) is 12.1 Å². The predicted octanol–water partition coefficient (Wildman–Crippen LogP) is 0.802. The third kappa shape index (κ3) is 2.59. The van der Waals surface area contributed by atoms with Crippen LogP contribution in [0.25, 0.3) is 0 Å². The zero-order valence-corrected chi connectivity index (χ0v) is 10.1. The molecule has 0 aliphatic rings. The van der Waals surface area contributed by atoms with Gasteiger partial charge in [-0.3, -0.25) is 24.5 Å². The van der Waals surface area contributed by atoms with Gasteiger partial charge in [0.05, 0.1) is 11.5 Å². The molecule has 0 aliphatic heterocycles. The molecule has 1 aromatic carbocycles. The minimum Gasteiger partial charge on any atom is -0.296 e. The van der Waals surface area contributed by atoms with E-state index >= 15 is 0 Å². The van der Waals surface area contributed by atoms with Crippen molar-refractivity contribution < 1.29 is 4.92 Å². The Morgan fingerprint density at radius 1 is 1.32 bits per heavy atom. The fourth-order valence-electron chi connectivity index (χ4n) is 1.79. The molecule has 7 heteroatoms. The van der Waals surface area contributed by atoms with Crippen molar-refractivity contribution in [3.63, 3.8) is 0 Å². The quantitative estimate of drug-likeness (QED) is 0.652. The second-order valence-corrected chi connectivity index (χ2v) is 4.06. The number of benzene rings is 1. The molecule has 0 saturated carbocycles. The molecule has 19 heavy (non-hydrogen) atoms. The van der Waals surface area contributed by atoms with E-state index in [1.165, 1.54) is 22.9 Å². The van der Waals surface area contributed by atoms with Crippen LogP contribution < -0.4 is 11.2 Å². The van der Waals surface area contributed by atoms with Crippen molar-refractivity contribution in [3.05, 3.63) is 72.5 Å². The Hall–Kier alpha value is -2.70. The van der Waals surface area contributed by atoms with Gasteiger partial charge in [-0.15, -0.1) is 0 Å². The van der Waals surface area contributed by atoms with E-state index in [0.29, 0.717) is 11.1 Å². The molecular weight excluding hydrogens is 250 g/mol. The maximum atomic E-state index is 11.5. The minimum absolute atomic E-state index is 0.00923. The van der Waals surface area contributed by atoms with Crippen LogP contribution in [0.5, 0.6) is 0 Å². The Balaban J connectivity index is 2.44. The largest absolute Gasteiger partial charge is 0.328 e. The number of hydrogen-bond donors (Lipinski definition) is 1. The lowest BCUT2D eigenvalue weighted by Gasteiger charge is -2.08. The van der Waals surface area contributed by atoms with E-state index < -0.39 is 16.2 Å². The maximum Gasteiger partial charge on any atom is 0.328 e. The number of rotatable bonds is 3. The molecule has 2 aromatic rings. The molecule has 0 bridgehead atoms. The molecule has 0 radical (unpaired) electrons. The average Bonchev–Trinajstić information content (AvgIpc) is 2.34. The number of aromatic nitrogens is 2. The Morgan fingerprint density at radius 2 is 2.05 bits per heavy atom. The SMILES string of the molecule is Cc1c(Cn2ccc(=O)[nH]c2=O)cccc1[N+](=O)[O-]. The highest BCUT2D eigenvalue weighted by Gasteiger charge is 2.13. The Morgan fingerprint density at radius 3 is 2.68 bits per heavy atom. The van der Waals surface area contributed by atoms with Crippen LogP contribution in [0.2, 0.25) is 0 Å². The summed E-state index contributed by atoms with van der Waals surface area (Å²) in [5.74, 6) is 0. The van der Waals surface area contributed by atoms with E-state index in [9.17, 15) is 19.7 Å². The summed E-state index contributed by atoms with van der Waals surface area (Å²) in [6.45, 7) is 1.80. The fourth-order valence-corrected chi connectivity index (χ4v) is 1.79. The molecule has 2 rings (SSSR count). The second-order valence-electron chi connectivity index (χ2n) is 4.06. The van der Waals surface area contributed by atoms with Gasteiger partial charge in [-0.25, -0.2) is 4.79 Å². The summed E-state index contributed by atoms with van der Waals surface area (Å²) in [4.78, 5) is 35.0. The summed E-state index contributed by atoms with van der Waals surface area (Å²) in [6, 6.07) is 5.92. The third-order valence-corrected chi connectivity index (χ3v) is 2.85. The van der Waals surface area contributed by atoms with Gasteiger partial charge in [0.2, 0.25) is 0 Å². The number of hydrogen-bond acceptors (Lipinski definition) is 4. The highest BCUT2D eigenvalue weighted by Crippen LogP contribution is 2.21. The monoisotopic (exact) mass is 261 g/mol. The number of nitro benzene ring substituents is 1. The molecule has 1 N–H and O–H groups in total. The summed E-state index contributed by atoms with van der Waals surface area (Å²) in [5.41, 5.74) is 0.152. The van der Waals surface area contributed by atoms with Crippen LogP contribution in [0.1, 0.15) is 11.1 Å².